The van der Waals surface area contributed by atoms with Gasteiger partial charge in [0.15, 0.2) is 0 Å². The van der Waals surface area contributed by atoms with E-state index < -0.39 is 12.0 Å². The molecule has 7 nitrogen and oxygen atoms in total. The molecule has 0 aliphatic rings. The van der Waals surface area contributed by atoms with Crippen molar-refractivity contribution in [3.8, 4) is 30.0 Å². The van der Waals surface area contributed by atoms with Crippen molar-refractivity contribution in [1.82, 2.24) is 15.0 Å². The molecule has 1 atom stereocenters. The smallest absolute Gasteiger partial charge is 0.339 e. The summed E-state index contributed by atoms with van der Waals surface area (Å²) in [5, 5.41) is 15.2. The number of H-pyrrole nitrogens is 2. The van der Waals surface area contributed by atoms with Gasteiger partial charge in [-0.1, -0.05) is 24.3 Å². The first kappa shape index (κ1) is 24.1. The predicted molar refractivity (Wildman–Crippen MR) is 142 cm³/mol. The SMILES string of the molecule is C#C.COC(=O)c1cc(-c2c[nH]c3ncccc23)ccc1NC(C#N)CCc1c[nH]c2ccccc12. The Bertz CT molecular complexity index is 1570. The first-order chi connectivity index (χ1) is 17.7. The summed E-state index contributed by atoms with van der Waals surface area (Å²) < 4.78 is 5.03. The summed E-state index contributed by atoms with van der Waals surface area (Å²) in [6.45, 7) is 0. The minimum absolute atomic E-state index is 0.380. The highest BCUT2D eigenvalue weighted by Crippen LogP contribution is 2.31. The maximum atomic E-state index is 12.6. The zero-order valence-electron chi connectivity index (χ0n) is 19.8. The van der Waals surface area contributed by atoms with Crippen molar-refractivity contribution in [2.45, 2.75) is 18.9 Å². The number of hydrogen-bond acceptors (Lipinski definition) is 5. The van der Waals surface area contributed by atoms with Crippen LogP contribution in [0.15, 0.2) is 73.2 Å². The second-order valence-electron chi connectivity index (χ2n) is 8.08. The van der Waals surface area contributed by atoms with Crippen molar-refractivity contribution in [2.24, 2.45) is 0 Å². The van der Waals surface area contributed by atoms with Gasteiger partial charge in [-0.3, -0.25) is 0 Å². The minimum Gasteiger partial charge on any atom is -0.465 e. The molecule has 178 valence electrons. The van der Waals surface area contributed by atoms with E-state index in [-0.39, 0.29) is 0 Å². The highest BCUT2D eigenvalue weighted by atomic mass is 16.5. The number of ether oxygens (including phenoxy) is 1. The number of terminal acetylenes is 1. The van der Waals surface area contributed by atoms with E-state index >= 15 is 0 Å². The quantitative estimate of drug-likeness (QED) is 0.207. The molecule has 0 fully saturated rings. The number of carbonyl (C=O) groups excluding carboxylic acids is 1. The molecule has 0 spiro atoms. The molecule has 0 saturated heterocycles. The molecule has 5 aromatic rings. The molecule has 3 aromatic heterocycles. The predicted octanol–water partition coefficient (Wildman–Crippen LogP) is 5.68. The summed E-state index contributed by atoms with van der Waals surface area (Å²) in [5.74, 6) is -0.462. The van der Waals surface area contributed by atoms with Gasteiger partial charge in [0, 0.05) is 46.1 Å². The van der Waals surface area contributed by atoms with Crippen LogP contribution in [0.4, 0.5) is 5.69 Å². The van der Waals surface area contributed by atoms with Gasteiger partial charge in [0.25, 0.3) is 0 Å². The van der Waals surface area contributed by atoms with Crippen molar-refractivity contribution >= 4 is 33.6 Å². The van der Waals surface area contributed by atoms with Crippen molar-refractivity contribution in [3.05, 3.63) is 84.3 Å². The first-order valence-corrected chi connectivity index (χ1v) is 11.4. The number of pyridine rings is 1. The summed E-state index contributed by atoms with van der Waals surface area (Å²) in [7, 11) is 1.35. The molecule has 0 saturated carbocycles. The summed E-state index contributed by atoms with van der Waals surface area (Å²) >= 11 is 0. The van der Waals surface area contributed by atoms with Gasteiger partial charge in [0.2, 0.25) is 0 Å². The molecule has 36 heavy (non-hydrogen) atoms. The Morgan fingerprint density at radius 2 is 1.92 bits per heavy atom. The molecule has 0 amide bonds. The molecule has 0 aliphatic carbocycles. The lowest BCUT2D eigenvalue weighted by molar-refractivity contribution is 0.0602. The molecule has 0 radical (unpaired) electrons. The Morgan fingerprint density at radius 3 is 2.72 bits per heavy atom. The summed E-state index contributed by atoms with van der Waals surface area (Å²) in [6.07, 6.45) is 14.9. The number of benzene rings is 2. The van der Waals surface area contributed by atoms with E-state index in [0.29, 0.717) is 17.7 Å². The number of aromatic amines is 2. The van der Waals surface area contributed by atoms with Crippen LogP contribution in [0.25, 0.3) is 33.1 Å². The zero-order chi connectivity index (χ0) is 25.5. The van der Waals surface area contributed by atoms with Crippen molar-refractivity contribution < 1.29 is 9.53 Å². The number of rotatable bonds is 7. The Hall–Kier alpha value is -5.01. The van der Waals surface area contributed by atoms with Crippen molar-refractivity contribution in [2.75, 3.05) is 12.4 Å². The van der Waals surface area contributed by atoms with E-state index in [1.807, 2.05) is 54.9 Å². The van der Waals surface area contributed by atoms with E-state index in [9.17, 15) is 10.1 Å². The van der Waals surface area contributed by atoms with Crippen LogP contribution in [0.2, 0.25) is 0 Å². The maximum absolute atomic E-state index is 12.6. The number of para-hydroxylation sites is 1. The highest BCUT2D eigenvalue weighted by Gasteiger charge is 2.18. The van der Waals surface area contributed by atoms with E-state index in [4.69, 9.17) is 4.74 Å². The van der Waals surface area contributed by atoms with Gasteiger partial charge in [-0.05, 0) is 54.3 Å². The van der Waals surface area contributed by atoms with E-state index in [2.05, 4.69) is 45.3 Å². The number of hydrogen-bond donors (Lipinski definition) is 3. The van der Waals surface area contributed by atoms with Crippen LogP contribution in [-0.4, -0.2) is 34.1 Å². The number of nitrogens with one attached hydrogen (secondary N) is 3. The van der Waals surface area contributed by atoms with Gasteiger partial charge in [-0.15, -0.1) is 12.8 Å². The van der Waals surface area contributed by atoms with Crippen LogP contribution >= 0.6 is 0 Å². The number of methoxy groups -OCH3 is 1. The van der Waals surface area contributed by atoms with Crippen LogP contribution in [0.5, 0.6) is 0 Å². The number of esters is 1. The Morgan fingerprint density at radius 1 is 1.11 bits per heavy atom. The number of aryl methyl sites for hydroxylation is 1. The normalized spacial score (nSPS) is 11.3. The lowest BCUT2D eigenvalue weighted by Crippen LogP contribution is -2.20. The molecule has 3 heterocycles. The third kappa shape index (κ3) is 4.77. The van der Waals surface area contributed by atoms with Crippen LogP contribution in [0.3, 0.4) is 0 Å². The number of carbonyl (C=O) groups is 1. The Labute approximate surface area is 209 Å². The summed E-state index contributed by atoms with van der Waals surface area (Å²) in [6, 6.07) is 19.4. The second-order valence-corrected chi connectivity index (χ2v) is 8.08. The van der Waals surface area contributed by atoms with Crippen LogP contribution in [0, 0.1) is 24.2 Å². The van der Waals surface area contributed by atoms with Gasteiger partial charge in [0.1, 0.15) is 11.7 Å². The van der Waals surface area contributed by atoms with Gasteiger partial charge >= 0.3 is 5.97 Å². The van der Waals surface area contributed by atoms with Crippen molar-refractivity contribution in [1.29, 1.82) is 5.26 Å². The largest absolute Gasteiger partial charge is 0.465 e. The Kier molecular flexibility index (Phi) is 7.33. The molecular weight excluding hydrogens is 450 g/mol. The molecule has 2 aromatic carbocycles. The lowest BCUT2D eigenvalue weighted by Gasteiger charge is -2.16. The third-order valence-corrected chi connectivity index (χ3v) is 6.05. The average molecular weight is 476 g/mol. The molecule has 1 unspecified atom stereocenters. The molecule has 5 rings (SSSR count). The maximum Gasteiger partial charge on any atom is 0.339 e. The van der Waals surface area contributed by atoms with Gasteiger partial charge < -0.3 is 20.0 Å². The highest BCUT2D eigenvalue weighted by molar-refractivity contribution is 6.00. The van der Waals surface area contributed by atoms with Crippen LogP contribution in [0.1, 0.15) is 22.3 Å². The van der Waals surface area contributed by atoms with E-state index in [0.717, 1.165) is 45.0 Å². The standard InChI is InChI=1S/C27H23N5O2.C2H2/c1-34-27(33)22-13-17(23-16-31-26-21(23)6-4-12-29-26)9-11-25(22)32-19(14-28)10-8-18-15-30-24-7-3-2-5-20(18)24;1-2/h2-7,9,11-13,15-16,19,30,32H,8,10H2,1H3,(H,29,31);1-2H. The number of fused-ring (bicyclic) bond motifs is 2. The number of aromatic nitrogens is 3. The third-order valence-electron chi connectivity index (χ3n) is 6.05. The van der Waals surface area contributed by atoms with Crippen LogP contribution < -0.4 is 5.32 Å². The Balaban J connectivity index is 0.00000148. The number of nitrogens with zero attached hydrogens (tertiary/aromatic N) is 2. The lowest BCUT2D eigenvalue weighted by atomic mass is 10.0. The molecular formula is C29H25N5O2. The minimum atomic E-state index is -0.472. The molecule has 3 N–H and O–H groups in total. The van der Waals surface area contributed by atoms with Crippen molar-refractivity contribution in [3.63, 3.8) is 0 Å². The van der Waals surface area contributed by atoms with E-state index in [1.165, 1.54) is 7.11 Å². The molecule has 0 bridgehead atoms. The zero-order valence-corrected chi connectivity index (χ0v) is 19.8. The second kappa shape index (κ2) is 10.9. The van der Waals surface area contributed by atoms with Gasteiger partial charge in [-0.2, -0.15) is 5.26 Å². The van der Waals surface area contributed by atoms with Gasteiger partial charge in [0.05, 0.1) is 18.7 Å². The summed E-state index contributed by atoms with van der Waals surface area (Å²) in [5.41, 5.74) is 5.77. The number of nitriles is 1. The van der Waals surface area contributed by atoms with E-state index in [1.54, 1.807) is 12.3 Å². The monoisotopic (exact) mass is 475 g/mol. The summed E-state index contributed by atoms with van der Waals surface area (Å²) in [4.78, 5) is 23.4. The van der Waals surface area contributed by atoms with Crippen LogP contribution in [-0.2, 0) is 11.2 Å². The average Bonchev–Trinajstić information content (AvgIpc) is 3.56. The molecule has 0 aliphatic heterocycles. The van der Waals surface area contributed by atoms with Gasteiger partial charge in [-0.25, -0.2) is 9.78 Å². The fraction of sp³-hybridized carbons (Fsp3) is 0.138. The topological polar surface area (TPSA) is 107 Å². The first-order valence-electron chi connectivity index (χ1n) is 11.4. The fourth-order valence-electron chi connectivity index (χ4n) is 4.31. The fourth-order valence-corrected chi connectivity index (χ4v) is 4.31. The number of anilines is 1. The molecule has 7 heteroatoms.